The average Bonchev–Trinajstić information content (AvgIpc) is 2.55. The molecule has 0 fully saturated rings. The van der Waals surface area contributed by atoms with Crippen LogP contribution in [-0.2, 0) is 19.4 Å². The van der Waals surface area contributed by atoms with Crippen LogP contribution >= 0.6 is 23.5 Å². The lowest BCUT2D eigenvalue weighted by molar-refractivity contribution is 0.447. The van der Waals surface area contributed by atoms with Gasteiger partial charge in [0.2, 0.25) is 0 Å². The van der Waals surface area contributed by atoms with Gasteiger partial charge in [-0.1, -0.05) is 41.8 Å². The molecule has 2 nitrogen and oxygen atoms in total. The number of pyridine rings is 1. The molecule has 22 heavy (non-hydrogen) atoms. The Morgan fingerprint density at radius 1 is 1.27 bits per heavy atom. The Morgan fingerprint density at radius 2 is 2.23 bits per heavy atom. The summed E-state index contributed by atoms with van der Waals surface area (Å²) >= 11 is 7.88. The topological polar surface area (TPSA) is 16.1 Å². The van der Waals surface area contributed by atoms with E-state index in [-0.39, 0.29) is 0 Å². The fraction of sp³-hybridized carbons (Fsp3) is 0.278. The van der Waals surface area contributed by atoms with Crippen molar-refractivity contribution in [2.24, 2.45) is 0 Å². The van der Waals surface area contributed by atoms with Crippen LogP contribution in [0.3, 0.4) is 0 Å². The Balaban J connectivity index is 1.45. The molecule has 0 saturated carbocycles. The molecule has 1 aliphatic rings. The molecule has 1 aromatic heterocycles. The van der Waals surface area contributed by atoms with Gasteiger partial charge in [-0.15, -0.1) is 0 Å². The minimum Gasteiger partial charge on any atom is -0.264 e. The van der Waals surface area contributed by atoms with Gasteiger partial charge >= 0.3 is 0 Å². The molecule has 0 radical (unpaired) electrons. The van der Waals surface area contributed by atoms with Crippen molar-refractivity contribution >= 4 is 23.5 Å². The standard InChI is InChI=1S/C18H19ClN2S/c19-18-7-6-16-8-10-21(14-17(16)12-18)22-11-2-1-4-15-5-3-9-20-13-15/h2-3,5-7,9,11-13H,1,4,8,10,14H2/b11-2+. The highest BCUT2D eigenvalue weighted by atomic mass is 35.5. The summed E-state index contributed by atoms with van der Waals surface area (Å²) in [6.45, 7) is 2.06. The fourth-order valence-electron chi connectivity index (χ4n) is 2.58. The van der Waals surface area contributed by atoms with Gasteiger partial charge in [0.15, 0.2) is 0 Å². The van der Waals surface area contributed by atoms with Gasteiger partial charge < -0.3 is 0 Å². The second-order valence-electron chi connectivity index (χ2n) is 5.40. The number of hydrogen-bond donors (Lipinski definition) is 0. The normalized spacial score (nSPS) is 15.1. The molecule has 0 saturated heterocycles. The van der Waals surface area contributed by atoms with Crippen LogP contribution in [0.5, 0.6) is 0 Å². The largest absolute Gasteiger partial charge is 0.264 e. The van der Waals surface area contributed by atoms with Crippen molar-refractivity contribution in [3.8, 4) is 0 Å². The Hall–Kier alpha value is -1.29. The number of aromatic nitrogens is 1. The van der Waals surface area contributed by atoms with Crippen LogP contribution in [0.4, 0.5) is 0 Å². The molecule has 0 unspecified atom stereocenters. The molecule has 0 aliphatic carbocycles. The quantitative estimate of drug-likeness (QED) is 0.726. The van der Waals surface area contributed by atoms with E-state index in [1.165, 1.54) is 16.7 Å². The summed E-state index contributed by atoms with van der Waals surface area (Å²) < 4.78 is 2.39. The van der Waals surface area contributed by atoms with Crippen molar-refractivity contribution in [1.29, 1.82) is 0 Å². The third-order valence-corrected chi connectivity index (χ3v) is 4.93. The SMILES string of the molecule is Clc1ccc2c(c1)CN(S/C=C/CCc1cccnc1)CC2. The number of nitrogens with zero attached hydrogens (tertiary/aromatic N) is 2. The number of halogens is 1. The van der Waals surface area contributed by atoms with Gasteiger partial charge in [0.05, 0.1) is 0 Å². The first kappa shape index (κ1) is 15.6. The molecular formula is C18H19ClN2S. The number of hydrogen-bond acceptors (Lipinski definition) is 3. The molecule has 2 heterocycles. The second-order valence-corrected chi connectivity index (χ2v) is 6.84. The van der Waals surface area contributed by atoms with Crippen LogP contribution in [0.15, 0.2) is 54.2 Å². The molecule has 0 spiro atoms. The maximum Gasteiger partial charge on any atom is 0.0409 e. The zero-order chi connectivity index (χ0) is 15.2. The maximum atomic E-state index is 6.08. The fourth-order valence-corrected chi connectivity index (χ4v) is 3.58. The van der Waals surface area contributed by atoms with Crippen LogP contribution in [0.2, 0.25) is 5.02 Å². The maximum absolute atomic E-state index is 6.08. The molecular weight excluding hydrogens is 312 g/mol. The van der Waals surface area contributed by atoms with Crippen molar-refractivity contribution in [1.82, 2.24) is 9.29 Å². The average molecular weight is 331 g/mol. The highest BCUT2D eigenvalue weighted by Gasteiger charge is 2.15. The first-order valence-electron chi connectivity index (χ1n) is 7.54. The van der Waals surface area contributed by atoms with Gasteiger partial charge in [-0.2, -0.15) is 0 Å². The molecule has 4 heteroatoms. The van der Waals surface area contributed by atoms with Gasteiger partial charge in [-0.25, -0.2) is 4.31 Å². The number of allylic oxidation sites excluding steroid dienone is 1. The van der Waals surface area contributed by atoms with E-state index in [4.69, 9.17) is 11.6 Å². The Labute approximate surface area is 141 Å². The Bertz CT molecular complexity index is 643. The first-order chi connectivity index (χ1) is 10.8. The lowest BCUT2D eigenvalue weighted by Crippen LogP contribution is -2.23. The number of rotatable bonds is 5. The zero-order valence-corrected chi connectivity index (χ0v) is 14.0. The second kappa shape index (κ2) is 7.82. The molecule has 1 aliphatic heterocycles. The minimum absolute atomic E-state index is 0.831. The molecule has 2 aromatic rings. The summed E-state index contributed by atoms with van der Waals surface area (Å²) in [5.41, 5.74) is 4.08. The van der Waals surface area contributed by atoms with Gasteiger partial charge in [0.25, 0.3) is 0 Å². The predicted molar refractivity (Wildman–Crippen MR) is 94.9 cm³/mol. The molecule has 1 aromatic carbocycles. The van der Waals surface area contributed by atoms with Crippen LogP contribution in [0.1, 0.15) is 23.1 Å². The van der Waals surface area contributed by atoms with E-state index < -0.39 is 0 Å². The molecule has 114 valence electrons. The van der Waals surface area contributed by atoms with E-state index in [2.05, 4.69) is 39.0 Å². The van der Waals surface area contributed by atoms with Gasteiger partial charge in [0, 0.05) is 30.5 Å². The van der Waals surface area contributed by atoms with Crippen LogP contribution in [-0.4, -0.2) is 15.8 Å². The Morgan fingerprint density at radius 3 is 3.09 bits per heavy atom. The monoisotopic (exact) mass is 330 g/mol. The van der Waals surface area contributed by atoms with Crippen LogP contribution in [0, 0.1) is 0 Å². The van der Waals surface area contributed by atoms with Gasteiger partial charge in [-0.05, 0) is 59.6 Å². The summed E-state index contributed by atoms with van der Waals surface area (Å²) in [5.74, 6) is 0. The summed E-state index contributed by atoms with van der Waals surface area (Å²) in [5, 5.41) is 3.03. The van der Waals surface area contributed by atoms with E-state index in [0.29, 0.717) is 0 Å². The van der Waals surface area contributed by atoms with Crippen molar-refractivity contribution < 1.29 is 0 Å². The zero-order valence-electron chi connectivity index (χ0n) is 12.4. The number of benzene rings is 1. The third-order valence-electron chi connectivity index (χ3n) is 3.77. The third kappa shape index (κ3) is 4.35. The van der Waals surface area contributed by atoms with Crippen molar-refractivity contribution in [2.45, 2.75) is 25.8 Å². The highest BCUT2D eigenvalue weighted by Crippen LogP contribution is 2.26. The summed E-state index contributed by atoms with van der Waals surface area (Å²) in [4.78, 5) is 4.14. The smallest absolute Gasteiger partial charge is 0.0409 e. The molecule has 0 N–H and O–H groups in total. The molecule has 0 atom stereocenters. The van der Waals surface area contributed by atoms with Gasteiger partial charge in [0.1, 0.15) is 0 Å². The lowest BCUT2D eigenvalue weighted by Gasteiger charge is -2.26. The summed E-state index contributed by atoms with van der Waals surface area (Å²) in [6.07, 6.45) is 9.19. The van der Waals surface area contributed by atoms with Gasteiger partial charge in [-0.3, -0.25) is 4.98 Å². The van der Waals surface area contributed by atoms with E-state index in [0.717, 1.165) is 37.4 Å². The number of aryl methyl sites for hydroxylation is 1. The minimum atomic E-state index is 0.831. The molecule has 0 bridgehead atoms. The van der Waals surface area contributed by atoms with Crippen molar-refractivity contribution in [3.05, 3.63) is 75.9 Å². The Kier molecular flexibility index (Phi) is 5.54. The van der Waals surface area contributed by atoms with Crippen LogP contribution in [0.25, 0.3) is 0 Å². The van der Waals surface area contributed by atoms with E-state index in [1.807, 2.05) is 24.5 Å². The van der Waals surface area contributed by atoms with Crippen molar-refractivity contribution in [3.63, 3.8) is 0 Å². The highest BCUT2D eigenvalue weighted by molar-refractivity contribution is 7.99. The van der Waals surface area contributed by atoms with E-state index >= 15 is 0 Å². The summed E-state index contributed by atoms with van der Waals surface area (Å²) in [6, 6.07) is 10.4. The van der Waals surface area contributed by atoms with E-state index in [9.17, 15) is 0 Å². The molecule has 3 rings (SSSR count). The predicted octanol–water partition coefficient (Wildman–Crippen LogP) is 4.89. The van der Waals surface area contributed by atoms with Crippen LogP contribution < -0.4 is 0 Å². The van der Waals surface area contributed by atoms with Crippen molar-refractivity contribution in [2.75, 3.05) is 6.54 Å². The van der Waals surface area contributed by atoms with E-state index in [1.54, 1.807) is 11.9 Å². The number of fused-ring (bicyclic) bond motifs is 1. The molecule has 0 amide bonds. The summed E-state index contributed by atoms with van der Waals surface area (Å²) in [7, 11) is 0. The lowest BCUT2D eigenvalue weighted by atomic mass is 10.0. The first-order valence-corrected chi connectivity index (χ1v) is 8.75.